The summed E-state index contributed by atoms with van der Waals surface area (Å²) in [6.07, 6.45) is 4.61. The third kappa shape index (κ3) is 2.66. The van der Waals surface area contributed by atoms with Crippen LogP contribution < -0.4 is 10.1 Å². The van der Waals surface area contributed by atoms with Crippen LogP contribution in [0.3, 0.4) is 0 Å². The first-order chi connectivity index (χ1) is 8.77. The van der Waals surface area contributed by atoms with Gasteiger partial charge in [0.05, 0.1) is 7.11 Å². The number of ether oxygens (including phenoxy) is 1. The maximum absolute atomic E-state index is 14.3. The standard InChI is InChI=1S/C15H22FNO/c1-3-17-13-9-5-4-7-11(13)12-8-6-10-14(18-2)15(12)16/h6,8,10-11,13,17H,3-5,7,9H2,1-2H3. The van der Waals surface area contributed by atoms with Crippen LogP contribution in [-0.2, 0) is 0 Å². The van der Waals surface area contributed by atoms with E-state index in [2.05, 4.69) is 12.2 Å². The van der Waals surface area contributed by atoms with Crippen molar-refractivity contribution in [3.05, 3.63) is 29.6 Å². The molecule has 1 fully saturated rings. The average molecular weight is 251 g/mol. The van der Waals surface area contributed by atoms with Gasteiger partial charge in [0.15, 0.2) is 11.6 Å². The summed E-state index contributed by atoms with van der Waals surface area (Å²) < 4.78 is 19.4. The molecule has 0 bridgehead atoms. The minimum atomic E-state index is -0.185. The Bertz CT molecular complexity index is 392. The van der Waals surface area contributed by atoms with Crippen molar-refractivity contribution in [1.29, 1.82) is 0 Å². The van der Waals surface area contributed by atoms with Gasteiger partial charge in [0.1, 0.15) is 0 Å². The second-order valence-corrected chi connectivity index (χ2v) is 4.92. The smallest absolute Gasteiger partial charge is 0.168 e. The SMILES string of the molecule is CCNC1CCCCC1c1cccc(OC)c1F. The molecular formula is C15H22FNO. The van der Waals surface area contributed by atoms with Gasteiger partial charge in [-0.25, -0.2) is 4.39 Å². The van der Waals surface area contributed by atoms with Crippen LogP contribution in [0.15, 0.2) is 18.2 Å². The molecule has 0 saturated heterocycles. The summed E-state index contributed by atoms with van der Waals surface area (Å²) in [7, 11) is 1.52. The molecule has 2 unspecified atom stereocenters. The van der Waals surface area contributed by atoms with Crippen LogP contribution in [0.4, 0.5) is 4.39 Å². The molecule has 100 valence electrons. The van der Waals surface area contributed by atoms with E-state index in [0.717, 1.165) is 24.9 Å². The summed E-state index contributed by atoms with van der Waals surface area (Å²) in [6, 6.07) is 5.86. The fourth-order valence-electron chi connectivity index (χ4n) is 2.98. The first-order valence-corrected chi connectivity index (χ1v) is 6.83. The number of halogens is 1. The van der Waals surface area contributed by atoms with Crippen molar-refractivity contribution < 1.29 is 9.13 Å². The van der Waals surface area contributed by atoms with Gasteiger partial charge in [-0.3, -0.25) is 0 Å². The Morgan fingerprint density at radius 3 is 2.83 bits per heavy atom. The molecular weight excluding hydrogens is 229 g/mol. The zero-order valence-electron chi connectivity index (χ0n) is 11.2. The molecule has 2 atom stereocenters. The highest BCUT2D eigenvalue weighted by molar-refractivity contribution is 5.34. The van der Waals surface area contributed by atoms with Gasteiger partial charge in [-0.05, 0) is 31.0 Å². The van der Waals surface area contributed by atoms with Crippen LogP contribution in [0, 0.1) is 5.82 Å². The van der Waals surface area contributed by atoms with Gasteiger partial charge in [-0.1, -0.05) is 31.9 Å². The van der Waals surface area contributed by atoms with E-state index >= 15 is 0 Å². The molecule has 1 aromatic carbocycles. The molecule has 0 aliphatic heterocycles. The lowest BCUT2D eigenvalue weighted by atomic mass is 9.79. The Morgan fingerprint density at radius 1 is 1.33 bits per heavy atom. The molecule has 0 spiro atoms. The predicted molar refractivity (Wildman–Crippen MR) is 71.6 cm³/mol. The van der Waals surface area contributed by atoms with E-state index in [-0.39, 0.29) is 11.7 Å². The molecule has 18 heavy (non-hydrogen) atoms. The number of rotatable bonds is 4. The highest BCUT2D eigenvalue weighted by Crippen LogP contribution is 2.36. The van der Waals surface area contributed by atoms with E-state index in [1.54, 1.807) is 6.07 Å². The van der Waals surface area contributed by atoms with Gasteiger partial charge >= 0.3 is 0 Å². The first-order valence-electron chi connectivity index (χ1n) is 6.83. The lowest BCUT2D eigenvalue weighted by molar-refractivity contribution is 0.320. The Morgan fingerprint density at radius 2 is 2.11 bits per heavy atom. The molecule has 1 saturated carbocycles. The van der Waals surface area contributed by atoms with Crippen LogP contribution in [0.25, 0.3) is 0 Å². The molecule has 0 radical (unpaired) electrons. The predicted octanol–water partition coefficient (Wildman–Crippen LogP) is 3.47. The van der Waals surface area contributed by atoms with E-state index in [9.17, 15) is 4.39 Å². The summed E-state index contributed by atoms with van der Waals surface area (Å²) >= 11 is 0. The largest absolute Gasteiger partial charge is 0.494 e. The molecule has 2 nitrogen and oxygen atoms in total. The minimum Gasteiger partial charge on any atom is -0.494 e. The normalized spacial score (nSPS) is 23.9. The summed E-state index contributed by atoms with van der Waals surface area (Å²) in [4.78, 5) is 0. The monoisotopic (exact) mass is 251 g/mol. The highest BCUT2D eigenvalue weighted by Gasteiger charge is 2.28. The van der Waals surface area contributed by atoms with Crippen molar-refractivity contribution in [2.24, 2.45) is 0 Å². The molecule has 1 aliphatic carbocycles. The van der Waals surface area contributed by atoms with Gasteiger partial charge < -0.3 is 10.1 Å². The summed E-state index contributed by atoms with van der Waals surface area (Å²) in [5.74, 6) is 0.442. The van der Waals surface area contributed by atoms with Crippen LogP contribution in [0.1, 0.15) is 44.1 Å². The number of hydrogen-bond donors (Lipinski definition) is 1. The number of methoxy groups -OCH3 is 1. The Labute approximate surface area is 109 Å². The number of likely N-dealkylation sites (N-methyl/N-ethyl adjacent to an activating group) is 1. The molecule has 1 N–H and O–H groups in total. The molecule has 1 aliphatic rings. The van der Waals surface area contributed by atoms with Crippen molar-refractivity contribution in [2.45, 2.75) is 44.6 Å². The zero-order valence-corrected chi connectivity index (χ0v) is 11.2. The second kappa shape index (κ2) is 6.19. The fraction of sp³-hybridized carbons (Fsp3) is 0.600. The van der Waals surface area contributed by atoms with Crippen LogP contribution in [0.5, 0.6) is 5.75 Å². The quantitative estimate of drug-likeness (QED) is 0.884. The van der Waals surface area contributed by atoms with Crippen LogP contribution in [0.2, 0.25) is 0 Å². The molecule has 2 rings (SSSR count). The Kier molecular flexibility index (Phi) is 4.59. The van der Waals surface area contributed by atoms with Gasteiger partial charge in [0.25, 0.3) is 0 Å². The third-order valence-corrected chi connectivity index (χ3v) is 3.84. The Hall–Kier alpha value is -1.09. The maximum atomic E-state index is 14.3. The summed E-state index contributed by atoms with van der Waals surface area (Å²) in [6.45, 7) is 3.04. The van der Waals surface area contributed by atoms with Gasteiger partial charge in [-0.15, -0.1) is 0 Å². The minimum absolute atomic E-state index is 0.185. The lowest BCUT2D eigenvalue weighted by Crippen LogP contribution is -2.37. The lowest BCUT2D eigenvalue weighted by Gasteiger charge is -2.32. The fourth-order valence-corrected chi connectivity index (χ4v) is 2.98. The van der Waals surface area contributed by atoms with Gasteiger partial charge in [-0.2, -0.15) is 0 Å². The number of hydrogen-bond acceptors (Lipinski definition) is 2. The van der Waals surface area contributed by atoms with E-state index in [4.69, 9.17) is 4.74 Å². The summed E-state index contributed by atoms with van der Waals surface area (Å²) in [5, 5.41) is 3.49. The van der Waals surface area contributed by atoms with E-state index in [1.165, 1.54) is 20.0 Å². The van der Waals surface area contributed by atoms with Crippen molar-refractivity contribution in [3.63, 3.8) is 0 Å². The second-order valence-electron chi connectivity index (χ2n) is 4.92. The zero-order chi connectivity index (χ0) is 13.0. The van der Waals surface area contributed by atoms with E-state index in [1.807, 2.05) is 12.1 Å². The topological polar surface area (TPSA) is 21.3 Å². The van der Waals surface area contributed by atoms with Crippen molar-refractivity contribution in [2.75, 3.05) is 13.7 Å². The van der Waals surface area contributed by atoms with Gasteiger partial charge in [0, 0.05) is 12.0 Å². The third-order valence-electron chi connectivity index (χ3n) is 3.84. The average Bonchev–Trinajstić information content (AvgIpc) is 2.40. The first kappa shape index (κ1) is 13.3. The Balaban J connectivity index is 2.27. The molecule has 0 amide bonds. The van der Waals surface area contributed by atoms with E-state index < -0.39 is 0 Å². The van der Waals surface area contributed by atoms with Crippen LogP contribution in [-0.4, -0.2) is 19.7 Å². The van der Waals surface area contributed by atoms with Crippen molar-refractivity contribution in [1.82, 2.24) is 5.32 Å². The van der Waals surface area contributed by atoms with Crippen molar-refractivity contribution >= 4 is 0 Å². The molecule has 3 heteroatoms. The van der Waals surface area contributed by atoms with Crippen molar-refractivity contribution in [3.8, 4) is 5.75 Å². The number of nitrogens with one attached hydrogen (secondary N) is 1. The van der Waals surface area contributed by atoms with Gasteiger partial charge in [0.2, 0.25) is 0 Å². The maximum Gasteiger partial charge on any atom is 0.168 e. The number of benzene rings is 1. The highest BCUT2D eigenvalue weighted by atomic mass is 19.1. The molecule has 0 heterocycles. The molecule has 1 aromatic rings. The van der Waals surface area contributed by atoms with E-state index in [0.29, 0.717) is 11.8 Å². The molecule has 0 aromatic heterocycles. The summed E-state index contributed by atoms with van der Waals surface area (Å²) in [5.41, 5.74) is 0.806. The van der Waals surface area contributed by atoms with Crippen LogP contribution >= 0.6 is 0 Å².